The molecule has 1 saturated heterocycles. The molecule has 2 aromatic rings. The molecule has 0 bridgehead atoms. The Bertz CT molecular complexity index is 984. The Morgan fingerprint density at radius 3 is 2.25 bits per heavy atom. The number of nitrogens with two attached hydrogens (primary N) is 3. The number of hydrogen-bond acceptors (Lipinski definition) is 6. The summed E-state index contributed by atoms with van der Waals surface area (Å²) in [5, 5.41) is 4.47. The Morgan fingerprint density at radius 1 is 1.00 bits per heavy atom. The number of amidine groups is 1. The minimum absolute atomic E-state index is 0.266. The van der Waals surface area contributed by atoms with Crippen LogP contribution in [0.15, 0.2) is 58.3 Å². The summed E-state index contributed by atoms with van der Waals surface area (Å²) in [6, 6.07) is 9.49. The predicted molar refractivity (Wildman–Crippen MR) is 133 cm³/mol. The summed E-state index contributed by atoms with van der Waals surface area (Å²) in [6.45, 7) is 8.89. The van der Waals surface area contributed by atoms with Crippen molar-refractivity contribution in [3.63, 3.8) is 0 Å². The molecule has 1 aliphatic heterocycles. The lowest BCUT2D eigenvalue weighted by molar-refractivity contribution is 0.140. The summed E-state index contributed by atoms with van der Waals surface area (Å²) in [5.41, 5.74) is 22.0. The molecule has 0 radical (unpaired) electrons. The van der Waals surface area contributed by atoms with Gasteiger partial charge in [0.05, 0.1) is 34.7 Å². The van der Waals surface area contributed by atoms with Crippen molar-refractivity contribution in [2.24, 2.45) is 29.2 Å². The Morgan fingerprint density at radius 2 is 1.66 bits per heavy atom. The molecule has 0 spiro atoms. The molecule has 0 amide bonds. The molecule has 6 N–H and O–H groups in total. The molecule has 8 nitrogen and oxygen atoms in total. The van der Waals surface area contributed by atoms with Gasteiger partial charge in [0.25, 0.3) is 0 Å². The summed E-state index contributed by atoms with van der Waals surface area (Å²) in [6.07, 6.45) is 3.47. The van der Waals surface area contributed by atoms with Crippen molar-refractivity contribution in [2.45, 2.75) is 6.92 Å². The van der Waals surface area contributed by atoms with Gasteiger partial charge in [-0.3, -0.25) is 14.6 Å². The van der Waals surface area contributed by atoms with Gasteiger partial charge in [-0.1, -0.05) is 48.9 Å². The quantitative estimate of drug-likeness (QED) is 0.316. The van der Waals surface area contributed by atoms with E-state index in [0.29, 0.717) is 29.1 Å². The Balaban J connectivity index is 1.86. The Labute approximate surface area is 195 Å². The van der Waals surface area contributed by atoms with Crippen molar-refractivity contribution in [3.05, 3.63) is 64.5 Å². The molecule has 172 valence electrons. The van der Waals surface area contributed by atoms with Crippen molar-refractivity contribution >= 4 is 28.8 Å². The van der Waals surface area contributed by atoms with Crippen LogP contribution >= 0.6 is 11.6 Å². The zero-order valence-electron chi connectivity index (χ0n) is 18.8. The van der Waals surface area contributed by atoms with Crippen LogP contribution < -0.4 is 17.2 Å². The molecule has 1 aliphatic rings. The molecular weight excluding hydrogens is 424 g/mol. The molecule has 9 heteroatoms. The minimum Gasteiger partial charge on any atom is -0.398 e. The predicted octanol–water partition coefficient (Wildman–Crippen LogP) is 1.65. The van der Waals surface area contributed by atoms with Gasteiger partial charge in [-0.05, 0) is 12.1 Å². The van der Waals surface area contributed by atoms with Gasteiger partial charge >= 0.3 is 0 Å². The maximum atomic E-state index is 6.75. The zero-order valence-corrected chi connectivity index (χ0v) is 19.6. The van der Waals surface area contributed by atoms with Gasteiger partial charge in [-0.15, -0.1) is 0 Å². The molecule has 0 saturated carbocycles. The van der Waals surface area contributed by atoms with Gasteiger partial charge in [-0.2, -0.15) is 5.10 Å². The normalized spacial score (nSPS) is 17.8. The highest BCUT2D eigenvalue weighted by atomic mass is 35.5. The number of benzene rings is 1. The topological polar surface area (TPSA) is 115 Å². The number of halogens is 1. The Hall–Kier alpha value is -2.81. The SMILES string of the molecule is CCN1CCN(CCN=C(N)C(=C(N)c2cnn(C)c2)/C(Cl)=C(\N)c2ccccc2)CC1. The fourth-order valence-corrected chi connectivity index (χ4v) is 3.98. The van der Waals surface area contributed by atoms with E-state index >= 15 is 0 Å². The molecular formula is C23H33ClN8. The lowest BCUT2D eigenvalue weighted by atomic mass is 10.0. The summed E-state index contributed by atoms with van der Waals surface area (Å²) in [7, 11) is 1.82. The summed E-state index contributed by atoms with van der Waals surface area (Å²) >= 11 is 6.75. The van der Waals surface area contributed by atoms with Crippen LogP contribution in [-0.4, -0.2) is 71.2 Å². The monoisotopic (exact) mass is 456 g/mol. The van der Waals surface area contributed by atoms with Gasteiger partial charge in [0.15, 0.2) is 0 Å². The van der Waals surface area contributed by atoms with Crippen LogP contribution in [-0.2, 0) is 7.05 Å². The van der Waals surface area contributed by atoms with E-state index in [2.05, 4.69) is 26.8 Å². The van der Waals surface area contributed by atoms with Crippen molar-refractivity contribution in [1.82, 2.24) is 19.6 Å². The van der Waals surface area contributed by atoms with Crippen LogP contribution in [0.25, 0.3) is 11.4 Å². The highest BCUT2D eigenvalue weighted by molar-refractivity contribution is 6.39. The molecule has 0 aliphatic carbocycles. The number of aliphatic imine (C=N–C) groups is 1. The first kappa shape index (κ1) is 23.8. The van der Waals surface area contributed by atoms with E-state index in [9.17, 15) is 0 Å². The van der Waals surface area contributed by atoms with Gasteiger partial charge in [-0.25, -0.2) is 0 Å². The van der Waals surface area contributed by atoms with E-state index in [-0.39, 0.29) is 10.9 Å². The molecule has 0 unspecified atom stereocenters. The number of nitrogens with zero attached hydrogens (tertiary/aromatic N) is 5. The molecule has 32 heavy (non-hydrogen) atoms. The molecule has 3 rings (SSSR count). The highest BCUT2D eigenvalue weighted by Crippen LogP contribution is 2.28. The van der Waals surface area contributed by atoms with Crippen LogP contribution in [0.4, 0.5) is 0 Å². The summed E-state index contributed by atoms with van der Waals surface area (Å²) in [5.74, 6) is 0.266. The third-order valence-electron chi connectivity index (χ3n) is 5.69. The number of piperazine rings is 1. The van der Waals surface area contributed by atoms with E-state index in [1.807, 2.05) is 37.4 Å². The molecule has 0 atom stereocenters. The standard InChI is InChI=1S/C23H33ClN8/c1-3-31-11-13-32(14-12-31)10-9-28-23(27)19(21(25)18-15-29-30(2)16-18)20(24)22(26)17-7-5-4-6-8-17/h4-8,15-16H,3,9-14,25-26H2,1-2H3,(H2,27,28)/b21-19?,22-20+. The summed E-state index contributed by atoms with van der Waals surface area (Å²) < 4.78 is 1.67. The molecule has 1 fully saturated rings. The van der Waals surface area contributed by atoms with Crippen LogP contribution in [0.3, 0.4) is 0 Å². The van der Waals surface area contributed by atoms with Gasteiger partial charge in [0.1, 0.15) is 5.84 Å². The maximum Gasteiger partial charge on any atom is 0.129 e. The largest absolute Gasteiger partial charge is 0.398 e. The maximum absolute atomic E-state index is 6.75. The average Bonchev–Trinajstić information content (AvgIpc) is 3.26. The number of rotatable bonds is 8. The van der Waals surface area contributed by atoms with E-state index in [4.69, 9.17) is 28.8 Å². The van der Waals surface area contributed by atoms with Gasteiger partial charge < -0.3 is 22.1 Å². The van der Waals surface area contributed by atoms with Crippen molar-refractivity contribution in [1.29, 1.82) is 0 Å². The lowest BCUT2D eigenvalue weighted by Gasteiger charge is -2.33. The van der Waals surface area contributed by atoms with Crippen LogP contribution in [0, 0.1) is 0 Å². The van der Waals surface area contributed by atoms with Crippen LogP contribution in [0.1, 0.15) is 18.1 Å². The first-order chi connectivity index (χ1) is 15.4. The first-order valence-electron chi connectivity index (χ1n) is 10.9. The second-order valence-corrected chi connectivity index (χ2v) is 8.21. The second kappa shape index (κ2) is 11.2. The van der Waals surface area contributed by atoms with Crippen molar-refractivity contribution in [2.75, 3.05) is 45.8 Å². The Kier molecular flexibility index (Phi) is 8.33. The van der Waals surface area contributed by atoms with E-state index in [1.54, 1.807) is 17.1 Å². The minimum atomic E-state index is 0.266. The van der Waals surface area contributed by atoms with Crippen LogP contribution in [0.5, 0.6) is 0 Å². The molecule has 2 heterocycles. The first-order valence-corrected chi connectivity index (χ1v) is 11.2. The van der Waals surface area contributed by atoms with E-state index in [0.717, 1.165) is 44.8 Å². The fourth-order valence-electron chi connectivity index (χ4n) is 3.67. The second-order valence-electron chi connectivity index (χ2n) is 7.83. The lowest BCUT2D eigenvalue weighted by Crippen LogP contribution is -2.46. The zero-order chi connectivity index (χ0) is 23.1. The number of hydrogen-bond donors (Lipinski definition) is 3. The molecule has 1 aromatic heterocycles. The third kappa shape index (κ3) is 5.91. The van der Waals surface area contributed by atoms with E-state index in [1.165, 1.54) is 0 Å². The van der Waals surface area contributed by atoms with Gasteiger partial charge in [0, 0.05) is 51.5 Å². The van der Waals surface area contributed by atoms with Crippen LogP contribution in [0.2, 0.25) is 0 Å². The average molecular weight is 457 g/mol. The smallest absolute Gasteiger partial charge is 0.129 e. The number of likely N-dealkylation sites (N-methyl/N-ethyl adjacent to an activating group) is 1. The number of aromatic nitrogens is 2. The van der Waals surface area contributed by atoms with Crippen molar-refractivity contribution < 1.29 is 0 Å². The third-order valence-corrected chi connectivity index (χ3v) is 6.09. The van der Waals surface area contributed by atoms with Crippen molar-refractivity contribution in [3.8, 4) is 0 Å². The summed E-state index contributed by atoms with van der Waals surface area (Å²) in [4.78, 5) is 9.45. The fraction of sp³-hybridized carbons (Fsp3) is 0.391. The van der Waals surface area contributed by atoms with E-state index < -0.39 is 0 Å². The van der Waals surface area contributed by atoms with Gasteiger partial charge in [0.2, 0.25) is 0 Å². The molecule has 1 aromatic carbocycles. The number of aryl methyl sites for hydroxylation is 1. The highest BCUT2D eigenvalue weighted by Gasteiger charge is 2.19.